The number of anilines is 1. The van der Waals surface area contributed by atoms with E-state index in [-0.39, 0.29) is 12.0 Å². The Morgan fingerprint density at radius 2 is 2.00 bits per heavy atom. The minimum Gasteiger partial charge on any atom is -0.396 e. The summed E-state index contributed by atoms with van der Waals surface area (Å²) >= 11 is 0. The van der Waals surface area contributed by atoms with Crippen LogP contribution in [-0.4, -0.2) is 33.0 Å². The number of aliphatic hydroxyl groups excluding tert-OH is 1. The molecule has 0 aliphatic carbocycles. The Morgan fingerprint density at radius 1 is 1.26 bits per heavy atom. The fraction of sp³-hybridized carbons (Fsp3) is 0.429. The molecule has 1 aromatic carbocycles. The lowest BCUT2D eigenvalue weighted by molar-refractivity contribution is 0.171. The first kappa shape index (κ1) is 13.5. The largest absolute Gasteiger partial charge is 0.396 e. The molecule has 0 atom stereocenters. The van der Waals surface area contributed by atoms with Gasteiger partial charge in [0.25, 0.3) is 0 Å². The summed E-state index contributed by atoms with van der Waals surface area (Å²) in [6.45, 7) is 5.69. The summed E-state index contributed by atoms with van der Waals surface area (Å²) in [4.78, 5) is 3.92. The quantitative estimate of drug-likeness (QED) is 0.830. The SMILES string of the molecule is CC(C)(CO)CNc1ccc(Cn2cncn2)cc1. The van der Waals surface area contributed by atoms with E-state index in [0.29, 0.717) is 0 Å². The fourth-order valence-corrected chi connectivity index (χ4v) is 1.63. The molecule has 0 saturated carbocycles. The molecule has 1 aromatic heterocycles. The number of benzene rings is 1. The minimum atomic E-state index is -0.112. The molecule has 0 fully saturated rings. The van der Waals surface area contributed by atoms with Crippen molar-refractivity contribution >= 4 is 5.69 Å². The maximum absolute atomic E-state index is 9.20. The predicted octanol–water partition coefficient (Wildman–Crippen LogP) is 1.76. The molecule has 0 aliphatic heterocycles. The van der Waals surface area contributed by atoms with Gasteiger partial charge < -0.3 is 10.4 Å². The second-order valence-electron chi connectivity index (χ2n) is 5.47. The van der Waals surface area contributed by atoms with Crippen molar-refractivity contribution in [3.05, 3.63) is 42.5 Å². The first-order valence-corrected chi connectivity index (χ1v) is 6.35. The van der Waals surface area contributed by atoms with E-state index in [0.717, 1.165) is 18.8 Å². The lowest BCUT2D eigenvalue weighted by Gasteiger charge is -2.22. The molecule has 2 aromatic rings. The first-order chi connectivity index (χ1) is 9.09. The number of hydrogen-bond donors (Lipinski definition) is 2. The van der Waals surface area contributed by atoms with Crippen LogP contribution < -0.4 is 5.32 Å². The molecule has 0 unspecified atom stereocenters. The number of hydrogen-bond acceptors (Lipinski definition) is 4. The van der Waals surface area contributed by atoms with Crippen LogP contribution in [0, 0.1) is 5.41 Å². The normalized spacial score (nSPS) is 11.5. The standard InChI is InChI=1S/C14H20N4O/c1-14(2,9-19)8-16-13-5-3-12(4-6-13)7-18-11-15-10-17-18/h3-6,10-11,16,19H,7-9H2,1-2H3. The summed E-state index contributed by atoms with van der Waals surface area (Å²) in [5.41, 5.74) is 2.13. The predicted molar refractivity (Wildman–Crippen MR) is 74.9 cm³/mol. The van der Waals surface area contributed by atoms with Crippen LogP contribution in [0.1, 0.15) is 19.4 Å². The topological polar surface area (TPSA) is 63.0 Å². The highest BCUT2D eigenvalue weighted by Crippen LogP contribution is 2.16. The van der Waals surface area contributed by atoms with E-state index in [9.17, 15) is 5.11 Å². The first-order valence-electron chi connectivity index (χ1n) is 6.35. The van der Waals surface area contributed by atoms with Gasteiger partial charge in [0, 0.05) is 24.3 Å². The Kier molecular flexibility index (Phi) is 4.16. The van der Waals surface area contributed by atoms with E-state index in [4.69, 9.17) is 0 Å². The Bertz CT molecular complexity index is 491. The van der Waals surface area contributed by atoms with Crippen LogP contribution in [0.2, 0.25) is 0 Å². The molecule has 0 spiro atoms. The van der Waals surface area contributed by atoms with Gasteiger partial charge >= 0.3 is 0 Å². The highest BCUT2D eigenvalue weighted by atomic mass is 16.3. The van der Waals surface area contributed by atoms with Crippen LogP contribution in [0.3, 0.4) is 0 Å². The van der Waals surface area contributed by atoms with Crippen LogP contribution in [0.15, 0.2) is 36.9 Å². The number of rotatable bonds is 6. The number of aliphatic hydroxyl groups is 1. The van der Waals surface area contributed by atoms with Gasteiger partial charge in [0.15, 0.2) is 0 Å². The molecule has 2 N–H and O–H groups in total. The van der Waals surface area contributed by atoms with Crippen LogP contribution in [0.5, 0.6) is 0 Å². The molecule has 5 heteroatoms. The van der Waals surface area contributed by atoms with Gasteiger partial charge in [-0.3, -0.25) is 0 Å². The van der Waals surface area contributed by atoms with Crippen molar-refractivity contribution in [2.24, 2.45) is 5.41 Å². The molecular formula is C14H20N4O. The molecule has 0 amide bonds. The van der Waals surface area contributed by atoms with Crippen LogP contribution in [0.25, 0.3) is 0 Å². The van der Waals surface area contributed by atoms with Gasteiger partial charge in [-0.15, -0.1) is 0 Å². The molecule has 0 radical (unpaired) electrons. The third kappa shape index (κ3) is 4.06. The Hall–Kier alpha value is -1.88. The van der Waals surface area contributed by atoms with E-state index < -0.39 is 0 Å². The van der Waals surface area contributed by atoms with Crippen molar-refractivity contribution in [3.63, 3.8) is 0 Å². The van der Waals surface area contributed by atoms with E-state index in [1.54, 1.807) is 11.0 Å². The van der Waals surface area contributed by atoms with Crippen LogP contribution in [-0.2, 0) is 6.54 Å². The molecule has 19 heavy (non-hydrogen) atoms. The molecule has 5 nitrogen and oxygen atoms in total. The van der Waals surface area contributed by atoms with Gasteiger partial charge in [-0.2, -0.15) is 5.10 Å². The van der Waals surface area contributed by atoms with Crippen molar-refractivity contribution in [2.45, 2.75) is 20.4 Å². The minimum absolute atomic E-state index is 0.112. The third-order valence-corrected chi connectivity index (χ3v) is 2.96. The van der Waals surface area contributed by atoms with E-state index in [1.807, 2.05) is 26.0 Å². The zero-order valence-corrected chi connectivity index (χ0v) is 11.4. The monoisotopic (exact) mass is 260 g/mol. The average Bonchev–Trinajstić information content (AvgIpc) is 2.91. The Balaban J connectivity index is 1.91. The van der Waals surface area contributed by atoms with Gasteiger partial charge in [0.2, 0.25) is 0 Å². The van der Waals surface area contributed by atoms with E-state index in [2.05, 4.69) is 27.5 Å². The Morgan fingerprint density at radius 3 is 2.58 bits per heavy atom. The number of nitrogens with one attached hydrogen (secondary N) is 1. The summed E-state index contributed by atoms with van der Waals surface area (Å²) < 4.78 is 1.79. The summed E-state index contributed by atoms with van der Waals surface area (Å²) in [6, 6.07) is 8.21. The summed E-state index contributed by atoms with van der Waals surface area (Å²) in [5, 5.41) is 16.6. The molecule has 0 bridgehead atoms. The van der Waals surface area contributed by atoms with Gasteiger partial charge in [-0.1, -0.05) is 26.0 Å². The molecule has 1 heterocycles. The molecular weight excluding hydrogens is 240 g/mol. The zero-order chi connectivity index (χ0) is 13.7. The van der Waals surface area contributed by atoms with E-state index >= 15 is 0 Å². The average molecular weight is 260 g/mol. The van der Waals surface area contributed by atoms with Crippen molar-refractivity contribution in [1.29, 1.82) is 0 Å². The maximum Gasteiger partial charge on any atom is 0.137 e. The van der Waals surface area contributed by atoms with Crippen molar-refractivity contribution < 1.29 is 5.11 Å². The maximum atomic E-state index is 9.20. The van der Waals surface area contributed by atoms with E-state index in [1.165, 1.54) is 11.9 Å². The summed E-state index contributed by atoms with van der Waals surface area (Å²) in [5.74, 6) is 0. The number of aromatic nitrogens is 3. The van der Waals surface area contributed by atoms with Gasteiger partial charge in [-0.25, -0.2) is 9.67 Å². The summed E-state index contributed by atoms with van der Waals surface area (Å²) in [6.07, 6.45) is 3.24. The zero-order valence-electron chi connectivity index (χ0n) is 11.4. The second kappa shape index (κ2) is 5.84. The van der Waals surface area contributed by atoms with Crippen molar-refractivity contribution in [2.75, 3.05) is 18.5 Å². The van der Waals surface area contributed by atoms with Gasteiger partial charge in [0.1, 0.15) is 12.7 Å². The molecule has 0 aliphatic rings. The second-order valence-corrected chi connectivity index (χ2v) is 5.47. The smallest absolute Gasteiger partial charge is 0.137 e. The lowest BCUT2D eigenvalue weighted by Crippen LogP contribution is -2.26. The highest BCUT2D eigenvalue weighted by molar-refractivity contribution is 5.44. The molecule has 102 valence electrons. The highest BCUT2D eigenvalue weighted by Gasteiger charge is 2.15. The Labute approximate surface area is 113 Å². The number of nitrogens with zero attached hydrogens (tertiary/aromatic N) is 3. The van der Waals surface area contributed by atoms with Gasteiger partial charge in [-0.05, 0) is 17.7 Å². The lowest BCUT2D eigenvalue weighted by atomic mass is 9.95. The third-order valence-electron chi connectivity index (χ3n) is 2.96. The fourth-order valence-electron chi connectivity index (χ4n) is 1.63. The summed E-state index contributed by atoms with van der Waals surface area (Å²) in [7, 11) is 0. The molecule has 0 saturated heterocycles. The van der Waals surface area contributed by atoms with Gasteiger partial charge in [0.05, 0.1) is 6.54 Å². The van der Waals surface area contributed by atoms with Crippen LogP contribution in [0.4, 0.5) is 5.69 Å². The van der Waals surface area contributed by atoms with Crippen LogP contribution >= 0.6 is 0 Å². The molecule has 2 rings (SSSR count). The van der Waals surface area contributed by atoms with Crippen molar-refractivity contribution in [3.8, 4) is 0 Å². The van der Waals surface area contributed by atoms with Crippen molar-refractivity contribution in [1.82, 2.24) is 14.8 Å².